The van der Waals surface area contributed by atoms with Gasteiger partial charge in [-0.15, -0.1) is 0 Å². The summed E-state index contributed by atoms with van der Waals surface area (Å²) in [6.07, 6.45) is 1.50. The van der Waals surface area contributed by atoms with E-state index < -0.39 is 5.91 Å². The first kappa shape index (κ1) is 23.7. The highest BCUT2D eigenvalue weighted by atomic mass is 127. The molecule has 3 aromatic rings. The number of nitrogens with zero attached hydrogens (tertiary/aromatic N) is 1. The summed E-state index contributed by atoms with van der Waals surface area (Å²) in [5, 5.41) is 14.9. The predicted octanol–water partition coefficient (Wildman–Crippen LogP) is 5.46. The summed E-state index contributed by atoms with van der Waals surface area (Å²) in [7, 11) is 0. The van der Waals surface area contributed by atoms with Gasteiger partial charge in [0.05, 0.1) is 0 Å². The molecule has 6 nitrogen and oxygen atoms in total. The van der Waals surface area contributed by atoms with Gasteiger partial charge >= 0.3 is 0 Å². The largest absolute Gasteiger partial charge is 0.484 e. The van der Waals surface area contributed by atoms with Gasteiger partial charge in [-0.1, -0.05) is 18.2 Å². The van der Waals surface area contributed by atoms with Crippen LogP contribution < -0.4 is 15.4 Å². The van der Waals surface area contributed by atoms with Crippen LogP contribution in [-0.2, 0) is 9.59 Å². The third kappa shape index (κ3) is 7.35. The molecule has 0 bridgehead atoms. The van der Waals surface area contributed by atoms with Crippen LogP contribution in [-0.4, -0.2) is 18.4 Å². The molecular weight excluding hydrogens is 632 g/mol. The number of hydrogen-bond donors (Lipinski definition) is 2. The molecule has 3 aromatic carbocycles. The number of amides is 2. The molecule has 0 saturated heterocycles. The molecule has 0 spiro atoms. The second-order valence-electron chi connectivity index (χ2n) is 6.55. The number of carbonyl (C=O) groups excluding carboxylic acids is 2. The van der Waals surface area contributed by atoms with Crippen LogP contribution in [0.3, 0.4) is 0 Å². The van der Waals surface area contributed by atoms with Gasteiger partial charge in [-0.05, 0) is 111 Å². The van der Waals surface area contributed by atoms with Crippen molar-refractivity contribution in [1.82, 2.24) is 0 Å². The highest BCUT2D eigenvalue weighted by Crippen LogP contribution is 2.17. The lowest BCUT2D eigenvalue weighted by atomic mass is 10.1. The molecule has 0 radical (unpaired) electrons. The monoisotopic (exact) mass is 649 g/mol. The van der Waals surface area contributed by atoms with Crippen molar-refractivity contribution in [3.63, 3.8) is 0 Å². The lowest BCUT2D eigenvalue weighted by Crippen LogP contribution is -2.20. The van der Waals surface area contributed by atoms with Crippen molar-refractivity contribution in [2.24, 2.45) is 0 Å². The molecule has 0 unspecified atom stereocenters. The van der Waals surface area contributed by atoms with Gasteiger partial charge in [0.15, 0.2) is 6.61 Å². The van der Waals surface area contributed by atoms with Crippen molar-refractivity contribution in [2.75, 3.05) is 17.2 Å². The smallest absolute Gasteiger partial charge is 0.266 e. The summed E-state index contributed by atoms with van der Waals surface area (Å²) in [5.74, 6) is -0.252. The van der Waals surface area contributed by atoms with Crippen molar-refractivity contribution >= 4 is 74.4 Å². The van der Waals surface area contributed by atoms with Crippen LogP contribution in [0.4, 0.5) is 11.4 Å². The van der Waals surface area contributed by atoms with Crippen LogP contribution in [0.25, 0.3) is 6.08 Å². The highest BCUT2D eigenvalue weighted by molar-refractivity contribution is 14.1. The topological polar surface area (TPSA) is 91.2 Å². The molecule has 32 heavy (non-hydrogen) atoms. The fraction of sp³-hybridized carbons (Fsp3) is 0.0417. The first-order valence-electron chi connectivity index (χ1n) is 9.40. The maximum atomic E-state index is 12.4. The number of ether oxygens (including phenoxy) is 1. The summed E-state index contributed by atoms with van der Waals surface area (Å²) in [5.41, 5.74) is 1.96. The van der Waals surface area contributed by atoms with E-state index in [0.717, 1.165) is 7.14 Å². The number of rotatable bonds is 7. The van der Waals surface area contributed by atoms with Crippen molar-refractivity contribution in [1.29, 1.82) is 5.26 Å². The van der Waals surface area contributed by atoms with Crippen LogP contribution in [0.5, 0.6) is 5.75 Å². The number of nitrogens with one attached hydrogen (secondary N) is 2. The van der Waals surface area contributed by atoms with Gasteiger partial charge in [0, 0.05) is 18.5 Å². The number of benzene rings is 3. The molecule has 0 aliphatic heterocycles. The van der Waals surface area contributed by atoms with E-state index >= 15 is 0 Å². The number of halogens is 2. The molecule has 3 rings (SSSR count). The number of anilines is 2. The van der Waals surface area contributed by atoms with Gasteiger partial charge in [-0.2, -0.15) is 5.26 Å². The first-order chi connectivity index (χ1) is 15.4. The summed E-state index contributed by atoms with van der Waals surface area (Å²) >= 11 is 4.34. The van der Waals surface area contributed by atoms with Crippen molar-refractivity contribution in [3.05, 3.63) is 91.1 Å². The summed E-state index contributed by atoms with van der Waals surface area (Å²) in [6, 6.07) is 23.5. The minimum atomic E-state index is -0.484. The Morgan fingerprint density at radius 2 is 1.62 bits per heavy atom. The van der Waals surface area contributed by atoms with E-state index in [1.54, 1.807) is 30.3 Å². The van der Waals surface area contributed by atoms with Gasteiger partial charge in [-0.3, -0.25) is 9.59 Å². The summed E-state index contributed by atoms with van der Waals surface area (Å²) in [4.78, 5) is 24.4. The first-order valence-corrected chi connectivity index (χ1v) is 11.6. The molecule has 2 N–H and O–H groups in total. The number of nitriles is 1. The van der Waals surface area contributed by atoms with Crippen molar-refractivity contribution < 1.29 is 14.3 Å². The normalized spacial score (nSPS) is 10.7. The van der Waals surface area contributed by atoms with Crippen molar-refractivity contribution in [3.8, 4) is 11.8 Å². The Balaban J connectivity index is 1.57. The zero-order valence-electron chi connectivity index (χ0n) is 16.6. The Bertz CT molecular complexity index is 1180. The Labute approximate surface area is 212 Å². The summed E-state index contributed by atoms with van der Waals surface area (Å²) in [6.45, 7) is -0.136. The van der Waals surface area contributed by atoms with Crippen LogP contribution in [0, 0.1) is 18.5 Å². The van der Waals surface area contributed by atoms with E-state index in [0.29, 0.717) is 22.7 Å². The van der Waals surface area contributed by atoms with Crippen LogP contribution in [0.15, 0.2) is 78.4 Å². The molecule has 0 aliphatic rings. The fourth-order valence-electron chi connectivity index (χ4n) is 2.62. The standard InChI is InChI=1S/C24H17I2N3O3/c25-18-6-8-20(9-7-18)28-23(30)15-32-22-10-4-16(5-11-22)12-17(14-27)24(31)29-21-3-1-2-19(26)13-21/h1-13H,15H2,(H,28,30)(H,29,31)/b17-12+. The van der Waals surface area contributed by atoms with E-state index in [2.05, 4.69) is 55.8 Å². The van der Waals surface area contributed by atoms with Gasteiger partial charge in [-0.25, -0.2) is 0 Å². The van der Waals surface area contributed by atoms with E-state index in [4.69, 9.17) is 4.74 Å². The molecule has 0 aromatic heterocycles. The SMILES string of the molecule is N#C/C(=C\c1ccc(OCC(=O)Nc2ccc(I)cc2)cc1)C(=O)Nc1cccc(I)c1. The highest BCUT2D eigenvalue weighted by Gasteiger charge is 2.10. The van der Waals surface area contributed by atoms with Gasteiger partial charge < -0.3 is 15.4 Å². The maximum Gasteiger partial charge on any atom is 0.266 e. The van der Waals surface area contributed by atoms with Gasteiger partial charge in [0.2, 0.25) is 0 Å². The molecule has 2 amide bonds. The van der Waals surface area contributed by atoms with Crippen LogP contribution in [0.2, 0.25) is 0 Å². The molecule has 0 saturated carbocycles. The molecule has 160 valence electrons. The Morgan fingerprint density at radius 1 is 0.906 bits per heavy atom. The van der Waals surface area contributed by atoms with E-state index in [1.165, 1.54) is 6.08 Å². The molecule has 0 aliphatic carbocycles. The Kier molecular flexibility index (Phi) is 8.64. The second-order valence-corrected chi connectivity index (χ2v) is 9.04. The van der Waals surface area contributed by atoms with Gasteiger partial charge in [0.1, 0.15) is 17.4 Å². The molecule has 8 heteroatoms. The van der Waals surface area contributed by atoms with Crippen LogP contribution >= 0.6 is 45.2 Å². The Hall–Kier alpha value is -2.91. The van der Waals surface area contributed by atoms with Crippen molar-refractivity contribution in [2.45, 2.75) is 0 Å². The average Bonchev–Trinajstić information content (AvgIpc) is 2.78. The lowest BCUT2D eigenvalue weighted by molar-refractivity contribution is -0.118. The average molecular weight is 649 g/mol. The van der Waals surface area contributed by atoms with Crippen LogP contribution in [0.1, 0.15) is 5.56 Å². The number of carbonyl (C=O) groups is 2. The molecular formula is C24H17I2N3O3. The predicted molar refractivity (Wildman–Crippen MR) is 141 cm³/mol. The molecule has 0 fully saturated rings. The lowest BCUT2D eigenvalue weighted by Gasteiger charge is -2.08. The quantitative estimate of drug-likeness (QED) is 0.202. The number of hydrogen-bond acceptors (Lipinski definition) is 4. The molecule has 0 atom stereocenters. The van der Waals surface area contributed by atoms with E-state index in [-0.39, 0.29) is 18.1 Å². The zero-order valence-corrected chi connectivity index (χ0v) is 21.0. The third-order valence-corrected chi connectivity index (χ3v) is 5.53. The maximum absolute atomic E-state index is 12.4. The van der Waals surface area contributed by atoms with E-state index in [9.17, 15) is 14.9 Å². The zero-order chi connectivity index (χ0) is 22.9. The Morgan fingerprint density at radius 3 is 2.28 bits per heavy atom. The summed E-state index contributed by atoms with van der Waals surface area (Å²) < 4.78 is 7.57. The minimum Gasteiger partial charge on any atom is -0.484 e. The fourth-order valence-corrected chi connectivity index (χ4v) is 3.52. The minimum absolute atomic E-state index is 0.0190. The second kappa shape index (κ2) is 11.6. The van der Waals surface area contributed by atoms with Gasteiger partial charge in [0.25, 0.3) is 11.8 Å². The molecule has 0 heterocycles. The third-order valence-electron chi connectivity index (χ3n) is 4.14. The van der Waals surface area contributed by atoms with E-state index in [1.807, 2.05) is 48.5 Å².